The fourth-order valence-electron chi connectivity index (χ4n) is 3.05. The Kier molecular flexibility index (Phi) is 5.19. The summed E-state index contributed by atoms with van der Waals surface area (Å²) in [4.78, 5) is 11.4. The molecule has 1 saturated carbocycles. The van der Waals surface area contributed by atoms with Crippen LogP contribution in [0.1, 0.15) is 48.5 Å². The lowest BCUT2D eigenvalue weighted by atomic mass is 9.77. The Morgan fingerprint density at radius 1 is 1.50 bits per heavy atom. The molecule has 0 radical (unpaired) electrons. The van der Waals surface area contributed by atoms with Gasteiger partial charge in [-0.1, -0.05) is 0 Å². The third kappa shape index (κ3) is 4.26. The van der Waals surface area contributed by atoms with Gasteiger partial charge in [0.25, 0.3) is 0 Å². The van der Waals surface area contributed by atoms with Gasteiger partial charge in [0.15, 0.2) is 5.78 Å². The van der Waals surface area contributed by atoms with Crippen LogP contribution in [0.3, 0.4) is 0 Å². The summed E-state index contributed by atoms with van der Waals surface area (Å²) in [5.41, 5.74) is -0.489. The Labute approximate surface area is 138 Å². The van der Waals surface area contributed by atoms with E-state index in [0.717, 1.165) is 0 Å². The average molecular weight is 340 g/mol. The van der Waals surface area contributed by atoms with Gasteiger partial charge >= 0.3 is 6.18 Å². The van der Waals surface area contributed by atoms with Gasteiger partial charge in [-0.05, 0) is 50.8 Å². The van der Waals surface area contributed by atoms with Crippen LogP contribution in [0.15, 0.2) is 18.2 Å². The van der Waals surface area contributed by atoms with E-state index in [1.54, 1.807) is 0 Å². The van der Waals surface area contributed by atoms with Crippen LogP contribution in [-0.2, 0) is 0 Å². The minimum atomic E-state index is -4.32. The molecule has 2 unspecified atom stereocenters. The van der Waals surface area contributed by atoms with Gasteiger partial charge in [-0.25, -0.2) is 0 Å². The molecule has 7 heteroatoms. The molecule has 2 rings (SSSR count). The molecule has 0 amide bonds. The predicted molar refractivity (Wildman–Crippen MR) is 82.6 cm³/mol. The molecule has 0 spiro atoms. The van der Waals surface area contributed by atoms with Crippen molar-refractivity contribution in [2.24, 2.45) is 5.92 Å². The molecule has 1 aliphatic rings. The Bertz CT molecular complexity index is 667. The van der Waals surface area contributed by atoms with Crippen molar-refractivity contribution in [3.05, 3.63) is 29.3 Å². The lowest BCUT2D eigenvalue weighted by Crippen LogP contribution is -2.45. The van der Waals surface area contributed by atoms with E-state index in [1.807, 2.05) is 6.07 Å². The molecule has 4 nitrogen and oxygen atoms in total. The maximum atomic E-state index is 12.9. The first-order valence-electron chi connectivity index (χ1n) is 7.73. The maximum Gasteiger partial charge on any atom is 0.391 e. The summed E-state index contributed by atoms with van der Waals surface area (Å²) < 4.78 is 38.7. The van der Waals surface area contributed by atoms with Gasteiger partial charge in [-0.15, -0.1) is 0 Å². The van der Waals surface area contributed by atoms with Crippen LogP contribution in [0, 0.1) is 17.2 Å². The zero-order chi connectivity index (χ0) is 18.0. The molecule has 2 atom stereocenters. The van der Waals surface area contributed by atoms with Crippen molar-refractivity contribution in [2.45, 2.75) is 44.4 Å². The maximum absolute atomic E-state index is 12.9. The molecule has 1 fully saturated rings. The van der Waals surface area contributed by atoms with Crippen LogP contribution in [0.5, 0.6) is 0 Å². The second-order valence-electron chi connectivity index (χ2n) is 6.34. The number of aliphatic hydroxyl groups is 1. The Hall–Kier alpha value is -2.07. The fraction of sp³-hybridized carbons (Fsp3) is 0.529. The van der Waals surface area contributed by atoms with Crippen LogP contribution in [0.2, 0.25) is 0 Å². The normalized spacial score (nSPS) is 24.2. The number of anilines is 1. The molecular weight excluding hydrogens is 321 g/mol. The molecule has 0 bridgehead atoms. The number of hydrogen-bond donors (Lipinski definition) is 2. The van der Waals surface area contributed by atoms with Crippen molar-refractivity contribution in [1.82, 2.24) is 0 Å². The lowest BCUT2D eigenvalue weighted by molar-refractivity contribution is -0.199. The van der Waals surface area contributed by atoms with Crippen molar-refractivity contribution in [1.29, 1.82) is 5.26 Å². The van der Waals surface area contributed by atoms with Crippen molar-refractivity contribution in [2.75, 3.05) is 11.9 Å². The third-order valence-corrected chi connectivity index (χ3v) is 4.44. The van der Waals surface area contributed by atoms with E-state index in [9.17, 15) is 23.1 Å². The Morgan fingerprint density at radius 3 is 2.79 bits per heavy atom. The summed E-state index contributed by atoms with van der Waals surface area (Å²) >= 11 is 0. The third-order valence-electron chi connectivity index (χ3n) is 4.44. The van der Waals surface area contributed by atoms with E-state index >= 15 is 0 Å². The second kappa shape index (κ2) is 6.81. The van der Waals surface area contributed by atoms with Crippen LogP contribution < -0.4 is 5.32 Å². The number of ketones is 1. The highest BCUT2D eigenvalue weighted by Crippen LogP contribution is 2.41. The van der Waals surface area contributed by atoms with Gasteiger partial charge in [0.05, 0.1) is 22.8 Å². The summed E-state index contributed by atoms with van der Waals surface area (Å²) in [6.07, 6.45) is -4.10. The number of carbonyl (C=O) groups excluding carboxylic acids is 1. The first-order valence-corrected chi connectivity index (χ1v) is 7.73. The summed E-state index contributed by atoms with van der Waals surface area (Å²) in [5, 5.41) is 22.5. The molecule has 130 valence electrons. The summed E-state index contributed by atoms with van der Waals surface area (Å²) in [6, 6.07) is 6.43. The highest BCUT2D eigenvalue weighted by Gasteiger charge is 2.46. The highest BCUT2D eigenvalue weighted by molar-refractivity contribution is 5.95. The molecule has 0 aliphatic heterocycles. The molecule has 1 aromatic carbocycles. The number of hydrogen-bond acceptors (Lipinski definition) is 4. The monoisotopic (exact) mass is 340 g/mol. The lowest BCUT2D eigenvalue weighted by Gasteiger charge is -2.38. The second-order valence-corrected chi connectivity index (χ2v) is 6.34. The molecule has 0 heterocycles. The molecule has 24 heavy (non-hydrogen) atoms. The average Bonchev–Trinajstić information content (AvgIpc) is 2.52. The minimum absolute atomic E-state index is 0.0229. The molecule has 0 saturated heterocycles. The number of halogens is 3. The van der Waals surface area contributed by atoms with E-state index < -0.39 is 17.7 Å². The van der Waals surface area contributed by atoms with Crippen LogP contribution >= 0.6 is 0 Å². The Morgan fingerprint density at radius 2 is 2.21 bits per heavy atom. The number of nitrogens with one attached hydrogen (secondary N) is 1. The van der Waals surface area contributed by atoms with Gasteiger partial charge in [0.2, 0.25) is 0 Å². The number of Topliss-reactive ketones (excluding diaryl/α,β-unsaturated/α-hetero) is 1. The van der Waals surface area contributed by atoms with Gasteiger partial charge in [0.1, 0.15) is 6.07 Å². The number of rotatable bonds is 4. The van der Waals surface area contributed by atoms with Crippen molar-refractivity contribution < 1.29 is 23.1 Å². The van der Waals surface area contributed by atoms with Crippen molar-refractivity contribution in [3.8, 4) is 6.07 Å². The van der Waals surface area contributed by atoms with E-state index in [2.05, 4.69) is 5.32 Å². The van der Waals surface area contributed by atoms with Gasteiger partial charge in [-0.2, -0.15) is 18.4 Å². The van der Waals surface area contributed by atoms with E-state index in [-0.39, 0.29) is 37.2 Å². The first-order chi connectivity index (χ1) is 11.1. The number of alkyl halides is 3. The summed E-state index contributed by atoms with van der Waals surface area (Å²) in [7, 11) is 0. The van der Waals surface area contributed by atoms with Crippen LogP contribution in [-0.4, -0.2) is 29.2 Å². The number of benzene rings is 1. The Balaban J connectivity index is 2.13. The predicted octanol–water partition coefficient (Wildman–Crippen LogP) is 3.66. The zero-order valence-electron chi connectivity index (χ0n) is 13.3. The fourth-order valence-corrected chi connectivity index (χ4v) is 3.05. The molecule has 1 aromatic rings. The molecule has 1 aliphatic carbocycles. The number of carbonyl (C=O) groups is 1. The first kappa shape index (κ1) is 18.3. The van der Waals surface area contributed by atoms with Gasteiger partial charge < -0.3 is 10.4 Å². The molecule has 2 N–H and O–H groups in total. The quantitative estimate of drug-likeness (QED) is 0.821. The number of nitrogens with zero attached hydrogens (tertiary/aromatic N) is 1. The molecular formula is C17H19F3N2O2. The van der Waals surface area contributed by atoms with E-state index in [1.165, 1.54) is 25.1 Å². The van der Waals surface area contributed by atoms with Crippen molar-refractivity contribution >= 4 is 11.5 Å². The summed E-state index contributed by atoms with van der Waals surface area (Å²) in [5.74, 6) is -1.70. The van der Waals surface area contributed by atoms with Crippen LogP contribution in [0.4, 0.5) is 18.9 Å². The van der Waals surface area contributed by atoms with E-state index in [0.29, 0.717) is 17.7 Å². The highest BCUT2D eigenvalue weighted by atomic mass is 19.4. The smallest absolute Gasteiger partial charge is 0.388 e. The topological polar surface area (TPSA) is 73.1 Å². The summed E-state index contributed by atoms with van der Waals surface area (Å²) in [6.45, 7) is 1.28. The van der Waals surface area contributed by atoms with Gasteiger partial charge in [0, 0.05) is 12.1 Å². The SMILES string of the molecule is CC(=O)c1ccc(C#N)c(NCC2(O)CCCC(C(F)(F)F)C2)c1. The number of nitriles is 1. The minimum Gasteiger partial charge on any atom is -0.388 e. The van der Waals surface area contributed by atoms with E-state index in [4.69, 9.17) is 5.26 Å². The van der Waals surface area contributed by atoms with Crippen molar-refractivity contribution in [3.63, 3.8) is 0 Å². The van der Waals surface area contributed by atoms with Crippen LogP contribution in [0.25, 0.3) is 0 Å². The van der Waals surface area contributed by atoms with Gasteiger partial charge in [-0.3, -0.25) is 4.79 Å². The zero-order valence-corrected chi connectivity index (χ0v) is 13.3. The largest absolute Gasteiger partial charge is 0.391 e. The molecule has 0 aromatic heterocycles. The standard InChI is InChI=1S/C17H19F3N2O2/c1-11(23)12-4-5-13(9-21)15(7-12)22-10-16(24)6-2-3-14(8-16)17(18,19)20/h4-5,7,14,22,24H,2-3,6,8,10H2,1H3.